The first-order valence-corrected chi connectivity index (χ1v) is 8.88. The average Bonchev–Trinajstić information content (AvgIpc) is 2.72. The number of hydrogen-bond acceptors (Lipinski definition) is 4. The lowest BCUT2D eigenvalue weighted by molar-refractivity contribution is 0.0188. The fourth-order valence-electron chi connectivity index (χ4n) is 3.22. The molecule has 0 saturated carbocycles. The lowest BCUT2D eigenvalue weighted by Crippen LogP contribution is -2.49. The summed E-state index contributed by atoms with van der Waals surface area (Å²) in [6, 6.07) is 0.337. The molecule has 6 nitrogen and oxygen atoms in total. The zero-order chi connectivity index (χ0) is 17.9. The number of amides is 1. The van der Waals surface area contributed by atoms with Gasteiger partial charge in [-0.1, -0.05) is 0 Å². The molecule has 0 unspecified atom stereocenters. The largest absolute Gasteiger partial charge is 0.444 e. The third-order valence-electron chi connectivity index (χ3n) is 4.54. The van der Waals surface area contributed by atoms with Gasteiger partial charge in [-0.2, -0.15) is 5.10 Å². The minimum Gasteiger partial charge on any atom is -0.444 e. The van der Waals surface area contributed by atoms with Crippen molar-refractivity contribution in [2.24, 2.45) is 7.05 Å². The molecule has 1 aromatic rings. The van der Waals surface area contributed by atoms with E-state index in [0.29, 0.717) is 6.04 Å². The molecular formula is C18H32N4O2. The van der Waals surface area contributed by atoms with Crippen molar-refractivity contribution in [1.82, 2.24) is 20.0 Å². The smallest absolute Gasteiger partial charge is 0.410 e. The normalized spacial score (nSPS) is 18.8. The first kappa shape index (κ1) is 18.8. The maximum atomic E-state index is 12.2. The molecule has 0 aromatic carbocycles. The Hall–Kier alpha value is -1.56. The molecule has 1 N–H and O–H groups in total. The minimum atomic E-state index is -0.438. The van der Waals surface area contributed by atoms with Crippen LogP contribution < -0.4 is 5.32 Å². The van der Waals surface area contributed by atoms with Gasteiger partial charge in [0.15, 0.2) is 0 Å². The van der Waals surface area contributed by atoms with Crippen LogP contribution in [0.2, 0.25) is 0 Å². The molecule has 2 heterocycles. The van der Waals surface area contributed by atoms with Crippen LogP contribution in [0, 0.1) is 13.8 Å². The summed E-state index contributed by atoms with van der Waals surface area (Å²) in [5, 5.41) is 8.06. The molecule has 1 fully saturated rings. The van der Waals surface area contributed by atoms with E-state index in [-0.39, 0.29) is 6.09 Å². The van der Waals surface area contributed by atoms with Gasteiger partial charge in [-0.25, -0.2) is 4.79 Å². The number of nitrogens with one attached hydrogen (secondary N) is 1. The molecular weight excluding hydrogens is 304 g/mol. The molecule has 2 rings (SSSR count). The Morgan fingerprint density at radius 3 is 2.67 bits per heavy atom. The van der Waals surface area contributed by atoms with Gasteiger partial charge in [-0.05, 0) is 66.0 Å². The minimum absolute atomic E-state index is 0.201. The third-order valence-corrected chi connectivity index (χ3v) is 4.54. The summed E-state index contributed by atoms with van der Waals surface area (Å²) in [5.74, 6) is 0. The molecule has 136 valence electrons. The second-order valence-electron chi connectivity index (χ2n) is 7.74. The van der Waals surface area contributed by atoms with E-state index in [1.807, 2.05) is 37.4 Å². The van der Waals surface area contributed by atoms with Gasteiger partial charge in [0.25, 0.3) is 0 Å². The van der Waals surface area contributed by atoms with Crippen LogP contribution in [-0.2, 0) is 18.2 Å². The zero-order valence-corrected chi connectivity index (χ0v) is 16.0. The van der Waals surface area contributed by atoms with Crippen molar-refractivity contribution in [3.63, 3.8) is 0 Å². The Kier molecular flexibility index (Phi) is 5.91. The molecule has 0 spiro atoms. The summed E-state index contributed by atoms with van der Waals surface area (Å²) in [7, 11) is 1.99. The van der Waals surface area contributed by atoms with Crippen LogP contribution in [0.15, 0.2) is 0 Å². The van der Waals surface area contributed by atoms with Crippen molar-refractivity contribution in [3.05, 3.63) is 17.0 Å². The van der Waals surface area contributed by atoms with E-state index >= 15 is 0 Å². The maximum absolute atomic E-state index is 12.2. The lowest BCUT2D eigenvalue weighted by Gasteiger charge is -2.34. The van der Waals surface area contributed by atoms with Crippen LogP contribution in [-0.4, -0.2) is 52.1 Å². The number of carbonyl (C=O) groups excluding carboxylic acids is 1. The molecule has 6 heteroatoms. The highest BCUT2D eigenvalue weighted by Crippen LogP contribution is 2.16. The summed E-state index contributed by atoms with van der Waals surface area (Å²) >= 11 is 0. The molecule has 1 aromatic heterocycles. The number of carbonyl (C=O) groups is 1. The number of ether oxygens (including phenoxy) is 1. The maximum Gasteiger partial charge on any atom is 0.410 e. The monoisotopic (exact) mass is 336 g/mol. The predicted molar refractivity (Wildman–Crippen MR) is 95.2 cm³/mol. The topological polar surface area (TPSA) is 59.4 Å². The van der Waals surface area contributed by atoms with Gasteiger partial charge in [0.2, 0.25) is 0 Å². The van der Waals surface area contributed by atoms with Crippen LogP contribution in [0.5, 0.6) is 0 Å². The molecule has 1 saturated heterocycles. The second-order valence-corrected chi connectivity index (χ2v) is 7.74. The second kappa shape index (κ2) is 7.55. The summed E-state index contributed by atoms with van der Waals surface area (Å²) in [6.45, 7) is 12.3. The van der Waals surface area contributed by atoms with Crippen molar-refractivity contribution in [2.75, 3.05) is 19.6 Å². The summed E-state index contributed by atoms with van der Waals surface area (Å²) in [6.07, 6.45) is 2.88. The van der Waals surface area contributed by atoms with Crippen molar-refractivity contribution in [2.45, 2.75) is 65.5 Å². The van der Waals surface area contributed by atoms with Crippen LogP contribution in [0.1, 0.15) is 50.6 Å². The Balaban J connectivity index is 1.82. The SMILES string of the molecule is Cc1nn(C)c(C)c1CCN[C@@H]1CCCN(C(=O)OC(C)(C)C)C1. The van der Waals surface area contributed by atoms with Crippen LogP contribution in [0.25, 0.3) is 0 Å². The number of aromatic nitrogens is 2. The first-order valence-electron chi connectivity index (χ1n) is 8.88. The molecule has 1 atom stereocenters. The van der Waals surface area contributed by atoms with Crippen molar-refractivity contribution < 1.29 is 9.53 Å². The van der Waals surface area contributed by atoms with Gasteiger partial charge in [0.05, 0.1) is 5.69 Å². The molecule has 1 amide bonds. The Morgan fingerprint density at radius 1 is 1.38 bits per heavy atom. The lowest BCUT2D eigenvalue weighted by atomic mass is 10.1. The van der Waals surface area contributed by atoms with E-state index in [4.69, 9.17) is 4.74 Å². The Labute approximate surface area is 145 Å². The van der Waals surface area contributed by atoms with E-state index in [1.165, 1.54) is 11.3 Å². The molecule has 0 aliphatic carbocycles. The number of likely N-dealkylation sites (tertiary alicyclic amines) is 1. The van der Waals surface area contributed by atoms with E-state index in [2.05, 4.69) is 24.3 Å². The Morgan fingerprint density at radius 2 is 2.08 bits per heavy atom. The van der Waals surface area contributed by atoms with Gasteiger partial charge in [0, 0.05) is 31.9 Å². The highest BCUT2D eigenvalue weighted by molar-refractivity contribution is 5.68. The standard InChI is InChI=1S/C18H32N4O2/c1-13-16(14(2)21(6)20-13)9-10-19-15-8-7-11-22(12-15)17(23)24-18(3,4)5/h15,19H,7-12H2,1-6H3/t15-/m1/s1. The van der Waals surface area contributed by atoms with E-state index < -0.39 is 5.60 Å². The van der Waals surface area contributed by atoms with Crippen LogP contribution >= 0.6 is 0 Å². The number of hydrogen-bond donors (Lipinski definition) is 1. The van der Waals surface area contributed by atoms with Gasteiger partial charge < -0.3 is 15.0 Å². The molecule has 0 bridgehead atoms. The number of aryl methyl sites for hydroxylation is 2. The van der Waals surface area contributed by atoms with Crippen LogP contribution in [0.3, 0.4) is 0 Å². The van der Waals surface area contributed by atoms with Crippen LogP contribution in [0.4, 0.5) is 4.79 Å². The van der Waals surface area contributed by atoms with E-state index in [1.54, 1.807) is 0 Å². The first-order chi connectivity index (χ1) is 11.2. The van der Waals surface area contributed by atoms with Crippen molar-refractivity contribution >= 4 is 6.09 Å². The van der Waals surface area contributed by atoms with Crippen molar-refractivity contribution in [3.8, 4) is 0 Å². The van der Waals surface area contributed by atoms with Gasteiger partial charge >= 0.3 is 6.09 Å². The molecule has 0 radical (unpaired) electrons. The van der Waals surface area contributed by atoms with Gasteiger partial charge in [0.1, 0.15) is 5.60 Å². The Bertz CT molecular complexity index is 574. The van der Waals surface area contributed by atoms with E-state index in [0.717, 1.165) is 44.6 Å². The number of nitrogens with zero attached hydrogens (tertiary/aromatic N) is 3. The van der Waals surface area contributed by atoms with Gasteiger partial charge in [-0.3, -0.25) is 4.68 Å². The molecule has 24 heavy (non-hydrogen) atoms. The highest BCUT2D eigenvalue weighted by Gasteiger charge is 2.27. The zero-order valence-electron chi connectivity index (χ0n) is 16.0. The van der Waals surface area contributed by atoms with Crippen molar-refractivity contribution in [1.29, 1.82) is 0 Å². The van der Waals surface area contributed by atoms with Gasteiger partial charge in [-0.15, -0.1) is 0 Å². The summed E-state index contributed by atoms with van der Waals surface area (Å²) < 4.78 is 7.42. The number of rotatable bonds is 4. The highest BCUT2D eigenvalue weighted by atomic mass is 16.6. The molecule has 1 aliphatic rings. The average molecular weight is 336 g/mol. The van der Waals surface area contributed by atoms with E-state index in [9.17, 15) is 4.79 Å². The third kappa shape index (κ3) is 4.97. The quantitative estimate of drug-likeness (QED) is 0.918. The predicted octanol–water partition coefficient (Wildman–Crippen LogP) is 2.57. The fraction of sp³-hybridized carbons (Fsp3) is 0.778. The summed E-state index contributed by atoms with van der Waals surface area (Å²) in [4.78, 5) is 14.0. The molecule has 1 aliphatic heterocycles. The fourth-order valence-corrected chi connectivity index (χ4v) is 3.22. The number of piperidine rings is 1. The summed E-state index contributed by atoms with van der Waals surface area (Å²) in [5.41, 5.74) is 3.22.